The average Bonchev–Trinajstić information content (AvgIpc) is 3.11. The topological polar surface area (TPSA) is 54.5 Å². The van der Waals surface area contributed by atoms with Crippen LogP contribution in [-0.4, -0.2) is 42.1 Å². The van der Waals surface area contributed by atoms with Crippen molar-refractivity contribution in [3.63, 3.8) is 0 Å². The van der Waals surface area contributed by atoms with Gasteiger partial charge < -0.3 is 10.1 Å². The van der Waals surface area contributed by atoms with E-state index in [-0.39, 0.29) is 17.8 Å². The zero-order valence-corrected chi connectivity index (χ0v) is 14.3. The molecule has 128 valence electrons. The summed E-state index contributed by atoms with van der Waals surface area (Å²) in [6, 6.07) is 5.51. The minimum atomic E-state index is -0.535. The van der Waals surface area contributed by atoms with Gasteiger partial charge in [-0.25, -0.2) is 9.37 Å². The van der Waals surface area contributed by atoms with E-state index in [2.05, 4.69) is 10.3 Å². The fourth-order valence-electron chi connectivity index (χ4n) is 2.84. The lowest BCUT2D eigenvalue weighted by molar-refractivity contribution is -0.129. The number of amides is 1. The van der Waals surface area contributed by atoms with Crippen LogP contribution >= 0.6 is 11.3 Å². The SMILES string of the molecule is C[C@H](NC(=O)[C@H](c1cccc(F)c1)N1CCOCC1)c1nccs1. The first-order valence-corrected chi connectivity index (χ1v) is 8.80. The zero-order chi connectivity index (χ0) is 16.9. The van der Waals surface area contributed by atoms with E-state index in [1.54, 1.807) is 18.3 Å². The van der Waals surface area contributed by atoms with E-state index in [1.807, 2.05) is 17.2 Å². The van der Waals surface area contributed by atoms with E-state index in [9.17, 15) is 9.18 Å². The van der Waals surface area contributed by atoms with Crippen molar-refractivity contribution < 1.29 is 13.9 Å². The van der Waals surface area contributed by atoms with Crippen molar-refractivity contribution in [2.75, 3.05) is 26.3 Å². The summed E-state index contributed by atoms with van der Waals surface area (Å²) < 4.78 is 19.0. The summed E-state index contributed by atoms with van der Waals surface area (Å²) >= 11 is 1.50. The van der Waals surface area contributed by atoms with Crippen LogP contribution in [0.25, 0.3) is 0 Å². The second-order valence-corrected chi connectivity index (χ2v) is 6.63. The highest BCUT2D eigenvalue weighted by Crippen LogP contribution is 2.25. The van der Waals surface area contributed by atoms with Crippen molar-refractivity contribution in [2.45, 2.75) is 19.0 Å². The van der Waals surface area contributed by atoms with Gasteiger partial charge in [0.2, 0.25) is 5.91 Å². The third-order valence-corrected chi connectivity index (χ3v) is 4.96. The quantitative estimate of drug-likeness (QED) is 0.901. The highest BCUT2D eigenvalue weighted by molar-refractivity contribution is 7.09. The Hall–Kier alpha value is -1.83. The van der Waals surface area contributed by atoms with Gasteiger partial charge in [-0.05, 0) is 24.6 Å². The van der Waals surface area contributed by atoms with Gasteiger partial charge in [-0.15, -0.1) is 11.3 Å². The van der Waals surface area contributed by atoms with E-state index in [4.69, 9.17) is 4.74 Å². The van der Waals surface area contributed by atoms with Crippen molar-refractivity contribution >= 4 is 17.2 Å². The molecule has 0 radical (unpaired) electrons. The highest BCUT2D eigenvalue weighted by atomic mass is 32.1. The molecule has 0 unspecified atom stereocenters. The van der Waals surface area contributed by atoms with Crippen molar-refractivity contribution in [2.24, 2.45) is 0 Å². The predicted octanol–water partition coefficient (Wildman–Crippen LogP) is 2.53. The van der Waals surface area contributed by atoms with Crippen molar-refractivity contribution in [3.05, 3.63) is 52.2 Å². The van der Waals surface area contributed by atoms with Crippen LogP contribution in [0.1, 0.15) is 29.6 Å². The number of hydrogen-bond acceptors (Lipinski definition) is 5. The lowest BCUT2D eigenvalue weighted by Gasteiger charge is -2.34. The highest BCUT2D eigenvalue weighted by Gasteiger charge is 2.30. The smallest absolute Gasteiger partial charge is 0.242 e. The minimum absolute atomic E-state index is 0.148. The molecule has 7 heteroatoms. The Labute approximate surface area is 144 Å². The average molecular weight is 349 g/mol. The molecule has 1 N–H and O–H groups in total. The first-order chi connectivity index (χ1) is 11.6. The van der Waals surface area contributed by atoms with Crippen LogP contribution in [0.5, 0.6) is 0 Å². The largest absolute Gasteiger partial charge is 0.379 e. The molecule has 2 aromatic rings. The van der Waals surface area contributed by atoms with Crippen LogP contribution in [0.3, 0.4) is 0 Å². The van der Waals surface area contributed by atoms with Crippen LogP contribution in [0, 0.1) is 5.82 Å². The number of morpholine rings is 1. The van der Waals surface area contributed by atoms with Gasteiger partial charge in [0, 0.05) is 24.7 Å². The monoisotopic (exact) mass is 349 g/mol. The second kappa shape index (κ2) is 7.83. The van der Waals surface area contributed by atoms with E-state index in [0.717, 1.165) is 5.01 Å². The molecule has 1 aliphatic rings. The van der Waals surface area contributed by atoms with Crippen LogP contribution < -0.4 is 5.32 Å². The lowest BCUT2D eigenvalue weighted by Crippen LogP contribution is -2.46. The van der Waals surface area contributed by atoms with Gasteiger partial charge >= 0.3 is 0 Å². The van der Waals surface area contributed by atoms with Crippen molar-refractivity contribution in [3.8, 4) is 0 Å². The number of thiazole rings is 1. The molecule has 24 heavy (non-hydrogen) atoms. The fourth-order valence-corrected chi connectivity index (χ4v) is 3.49. The molecule has 0 saturated carbocycles. The summed E-state index contributed by atoms with van der Waals surface area (Å²) in [6.45, 7) is 4.32. The van der Waals surface area contributed by atoms with Gasteiger partial charge in [-0.1, -0.05) is 12.1 Å². The molecule has 1 fully saturated rings. The first kappa shape index (κ1) is 17.0. The Kier molecular flexibility index (Phi) is 5.55. The summed E-state index contributed by atoms with van der Waals surface area (Å²) in [5.41, 5.74) is 0.653. The number of benzene rings is 1. The lowest BCUT2D eigenvalue weighted by atomic mass is 10.0. The molecule has 0 spiro atoms. The molecule has 2 heterocycles. The Morgan fingerprint density at radius 3 is 2.88 bits per heavy atom. The van der Waals surface area contributed by atoms with Gasteiger partial charge in [-0.3, -0.25) is 9.69 Å². The predicted molar refractivity (Wildman–Crippen MR) is 90.2 cm³/mol. The number of halogens is 1. The molecule has 1 saturated heterocycles. The number of nitrogens with zero attached hydrogens (tertiary/aromatic N) is 2. The third-order valence-electron chi connectivity index (χ3n) is 4.00. The van der Waals surface area contributed by atoms with Gasteiger partial charge in [0.05, 0.1) is 19.3 Å². The van der Waals surface area contributed by atoms with Gasteiger partial charge in [0.25, 0.3) is 0 Å². The number of carbonyl (C=O) groups is 1. The maximum Gasteiger partial charge on any atom is 0.242 e. The van der Waals surface area contributed by atoms with Crippen LogP contribution in [0.2, 0.25) is 0 Å². The molecule has 3 rings (SSSR count). The summed E-state index contributed by atoms with van der Waals surface area (Å²) in [5.74, 6) is -0.489. The summed E-state index contributed by atoms with van der Waals surface area (Å²) in [5, 5.41) is 5.73. The van der Waals surface area contributed by atoms with Crippen molar-refractivity contribution in [1.29, 1.82) is 0 Å². The molecule has 2 atom stereocenters. The van der Waals surface area contributed by atoms with Gasteiger partial charge in [-0.2, -0.15) is 0 Å². The number of hydrogen-bond donors (Lipinski definition) is 1. The van der Waals surface area contributed by atoms with Crippen LogP contribution in [0.15, 0.2) is 35.8 Å². The maximum atomic E-state index is 13.7. The van der Waals surface area contributed by atoms with Gasteiger partial charge in [0.1, 0.15) is 16.9 Å². The Morgan fingerprint density at radius 1 is 1.42 bits per heavy atom. The Bertz CT molecular complexity index is 674. The fraction of sp³-hybridized carbons (Fsp3) is 0.412. The van der Waals surface area contributed by atoms with Crippen LogP contribution in [-0.2, 0) is 9.53 Å². The molecule has 5 nitrogen and oxygen atoms in total. The molecule has 0 bridgehead atoms. The van der Waals surface area contributed by atoms with E-state index >= 15 is 0 Å². The van der Waals surface area contributed by atoms with Gasteiger partial charge in [0.15, 0.2) is 0 Å². The third kappa shape index (κ3) is 3.98. The summed E-state index contributed by atoms with van der Waals surface area (Å²) in [6.07, 6.45) is 1.72. The summed E-state index contributed by atoms with van der Waals surface area (Å²) in [7, 11) is 0. The normalized spacial score (nSPS) is 18.1. The number of carbonyl (C=O) groups excluding carboxylic acids is 1. The summed E-state index contributed by atoms with van der Waals surface area (Å²) in [4.78, 5) is 19.2. The molecular weight excluding hydrogens is 329 g/mol. The molecule has 1 aromatic carbocycles. The Balaban J connectivity index is 1.81. The number of aromatic nitrogens is 1. The molecule has 1 amide bonds. The number of rotatable bonds is 5. The molecule has 1 aromatic heterocycles. The number of ether oxygens (including phenoxy) is 1. The van der Waals surface area contributed by atoms with E-state index in [0.29, 0.717) is 31.9 Å². The second-order valence-electron chi connectivity index (χ2n) is 5.71. The standard InChI is InChI=1S/C17H20FN3O2S/c1-12(17-19-5-10-24-17)20-16(22)15(21-6-8-23-9-7-21)13-3-2-4-14(18)11-13/h2-5,10-12,15H,6-9H2,1H3,(H,20,22)/t12-,15-/m0/s1. The van der Waals surface area contributed by atoms with E-state index < -0.39 is 6.04 Å². The van der Waals surface area contributed by atoms with Crippen LogP contribution in [0.4, 0.5) is 4.39 Å². The molecule has 0 aliphatic carbocycles. The van der Waals surface area contributed by atoms with E-state index in [1.165, 1.54) is 23.5 Å². The molecule has 1 aliphatic heterocycles. The number of nitrogens with one attached hydrogen (secondary N) is 1. The minimum Gasteiger partial charge on any atom is -0.379 e. The van der Waals surface area contributed by atoms with Crippen molar-refractivity contribution in [1.82, 2.24) is 15.2 Å². The first-order valence-electron chi connectivity index (χ1n) is 7.92. The Morgan fingerprint density at radius 2 is 2.21 bits per heavy atom. The molecular formula is C17H20FN3O2S. The maximum absolute atomic E-state index is 13.7. The zero-order valence-electron chi connectivity index (χ0n) is 13.4.